The monoisotopic (exact) mass is 407 g/mol. The maximum atomic E-state index is 13.2. The summed E-state index contributed by atoms with van der Waals surface area (Å²) in [5.41, 5.74) is 2.40. The van der Waals surface area contributed by atoms with Crippen molar-refractivity contribution in [2.75, 3.05) is 17.7 Å². The van der Waals surface area contributed by atoms with Gasteiger partial charge in [0.15, 0.2) is 5.82 Å². The SMILES string of the molecule is CCc1cc(Nc2nc(N[C@@H](C)c3ccc(F)cn3)nc3cccc(OC)c23)n[nH]1. The molecule has 0 fully saturated rings. The van der Waals surface area contributed by atoms with E-state index in [1.807, 2.05) is 38.1 Å². The topological polar surface area (TPSA) is 101 Å². The smallest absolute Gasteiger partial charge is 0.225 e. The summed E-state index contributed by atoms with van der Waals surface area (Å²) in [6.07, 6.45) is 2.03. The Bertz CT molecular complexity index is 1160. The van der Waals surface area contributed by atoms with Crippen LogP contribution in [0.1, 0.15) is 31.3 Å². The number of rotatable bonds is 7. The van der Waals surface area contributed by atoms with Crippen molar-refractivity contribution in [1.82, 2.24) is 25.1 Å². The van der Waals surface area contributed by atoms with Gasteiger partial charge in [0, 0.05) is 11.8 Å². The number of nitrogens with one attached hydrogen (secondary N) is 3. The number of benzene rings is 1. The summed E-state index contributed by atoms with van der Waals surface area (Å²) >= 11 is 0. The number of hydrogen-bond acceptors (Lipinski definition) is 7. The second-order valence-corrected chi connectivity index (χ2v) is 6.77. The minimum Gasteiger partial charge on any atom is -0.496 e. The Hall–Kier alpha value is -3.75. The van der Waals surface area contributed by atoms with Gasteiger partial charge in [0.25, 0.3) is 0 Å². The molecule has 0 saturated heterocycles. The van der Waals surface area contributed by atoms with E-state index < -0.39 is 0 Å². The predicted molar refractivity (Wildman–Crippen MR) is 114 cm³/mol. The molecule has 30 heavy (non-hydrogen) atoms. The fourth-order valence-corrected chi connectivity index (χ4v) is 3.12. The number of aromatic nitrogens is 5. The summed E-state index contributed by atoms with van der Waals surface area (Å²) in [5, 5.41) is 14.5. The van der Waals surface area contributed by atoms with Crippen molar-refractivity contribution < 1.29 is 9.13 Å². The second kappa shape index (κ2) is 8.32. The number of nitrogens with zero attached hydrogens (tertiary/aromatic N) is 4. The molecule has 0 aliphatic heterocycles. The third-order valence-corrected chi connectivity index (χ3v) is 4.70. The minimum absolute atomic E-state index is 0.224. The van der Waals surface area contributed by atoms with Crippen LogP contribution in [-0.2, 0) is 6.42 Å². The van der Waals surface area contributed by atoms with Crippen molar-refractivity contribution in [1.29, 1.82) is 0 Å². The molecule has 4 rings (SSSR count). The first kappa shape index (κ1) is 19.6. The van der Waals surface area contributed by atoms with E-state index in [-0.39, 0.29) is 11.9 Å². The van der Waals surface area contributed by atoms with Crippen molar-refractivity contribution in [3.05, 3.63) is 59.8 Å². The maximum Gasteiger partial charge on any atom is 0.225 e. The Morgan fingerprint density at radius 2 is 2.07 bits per heavy atom. The van der Waals surface area contributed by atoms with Gasteiger partial charge in [0.2, 0.25) is 5.95 Å². The summed E-state index contributed by atoms with van der Waals surface area (Å²) in [4.78, 5) is 13.4. The third-order valence-electron chi connectivity index (χ3n) is 4.70. The van der Waals surface area contributed by atoms with Crippen molar-refractivity contribution >= 4 is 28.5 Å². The third kappa shape index (κ3) is 4.00. The lowest BCUT2D eigenvalue weighted by Crippen LogP contribution is -2.12. The zero-order chi connectivity index (χ0) is 21.1. The highest BCUT2D eigenvalue weighted by Crippen LogP contribution is 2.33. The summed E-state index contributed by atoms with van der Waals surface area (Å²) in [5.74, 6) is 1.89. The van der Waals surface area contributed by atoms with Gasteiger partial charge in [-0.3, -0.25) is 10.1 Å². The Balaban J connectivity index is 1.72. The van der Waals surface area contributed by atoms with Crippen molar-refractivity contribution in [3.8, 4) is 5.75 Å². The van der Waals surface area contributed by atoms with E-state index in [2.05, 4.69) is 35.8 Å². The molecule has 154 valence electrons. The molecule has 0 bridgehead atoms. The van der Waals surface area contributed by atoms with E-state index in [1.165, 1.54) is 12.3 Å². The van der Waals surface area contributed by atoms with Gasteiger partial charge in [-0.2, -0.15) is 10.1 Å². The molecular weight excluding hydrogens is 385 g/mol. The molecular formula is C21H22FN7O. The van der Waals surface area contributed by atoms with Crippen LogP contribution in [0.25, 0.3) is 10.9 Å². The highest BCUT2D eigenvalue weighted by Gasteiger charge is 2.16. The molecule has 0 amide bonds. The maximum absolute atomic E-state index is 13.2. The molecule has 9 heteroatoms. The minimum atomic E-state index is -0.378. The molecule has 0 saturated carbocycles. The van der Waals surface area contributed by atoms with Gasteiger partial charge in [-0.05, 0) is 37.6 Å². The van der Waals surface area contributed by atoms with Gasteiger partial charge in [-0.1, -0.05) is 13.0 Å². The quantitative estimate of drug-likeness (QED) is 0.418. The van der Waals surface area contributed by atoms with Gasteiger partial charge in [-0.25, -0.2) is 9.37 Å². The van der Waals surface area contributed by atoms with E-state index in [4.69, 9.17) is 4.74 Å². The van der Waals surface area contributed by atoms with Crippen molar-refractivity contribution in [2.45, 2.75) is 26.3 Å². The average Bonchev–Trinajstić information content (AvgIpc) is 3.21. The van der Waals surface area contributed by atoms with Gasteiger partial charge in [0.05, 0.1) is 35.9 Å². The van der Waals surface area contributed by atoms with Crippen LogP contribution >= 0.6 is 0 Å². The molecule has 1 aromatic carbocycles. The Labute approximate surface area is 172 Å². The van der Waals surface area contributed by atoms with Crippen LogP contribution in [0.4, 0.5) is 22.0 Å². The normalized spacial score (nSPS) is 12.0. The van der Waals surface area contributed by atoms with E-state index in [1.54, 1.807) is 13.2 Å². The number of methoxy groups -OCH3 is 1. The number of halogens is 1. The number of aryl methyl sites for hydroxylation is 1. The van der Waals surface area contributed by atoms with Gasteiger partial charge in [0.1, 0.15) is 17.4 Å². The van der Waals surface area contributed by atoms with Crippen molar-refractivity contribution in [3.63, 3.8) is 0 Å². The van der Waals surface area contributed by atoms with Crippen LogP contribution < -0.4 is 15.4 Å². The molecule has 3 N–H and O–H groups in total. The predicted octanol–water partition coefficient (Wildman–Crippen LogP) is 4.37. The van der Waals surface area contributed by atoms with Crippen LogP contribution in [-0.4, -0.2) is 32.3 Å². The lowest BCUT2D eigenvalue weighted by molar-refractivity contribution is 0.420. The number of hydrogen-bond donors (Lipinski definition) is 3. The highest BCUT2D eigenvalue weighted by molar-refractivity contribution is 5.96. The zero-order valence-corrected chi connectivity index (χ0v) is 16.9. The molecule has 4 aromatic rings. The van der Waals surface area contributed by atoms with E-state index in [0.717, 1.165) is 17.5 Å². The Morgan fingerprint density at radius 1 is 1.20 bits per heavy atom. The van der Waals surface area contributed by atoms with E-state index in [9.17, 15) is 4.39 Å². The molecule has 3 heterocycles. The molecule has 0 aliphatic rings. The first-order valence-electron chi connectivity index (χ1n) is 9.61. The van der Waals surface area contributed by atoms with Crippen molar-refractivity contribution in [2.24, 2.45) is 0 Å². The lowest BCUT2D eigenvalue weighted by Gasteiger charge is -2.16. The van der Waals surface area contributed by atoms with Gasteiger partial charge < -0.3 is 15.4 Å². The van der Waals surface area contributed by atoms with Crippen LogP contribution in [0.5, 0.6) is 5.75 Å². The fraction of sp³-hybridized carbons (Fsp3) is 0.238. The fourth-order valence-electron chi connectivity index (χ4n) is 3.12. The van der Waals surface area contributed by atoms with Crippen LogP contribution in [0, 0.1) is 5.82 Å². The van der Waals surface area contributed by atoms with E-state index in [0.29, 0.717) is 34.5 Å². The standard InChI is InChI=1S/C21H22FN7O/c1-4-14-10-18(29-28-14)26-20-19-16(6-5-7-17(19)30-3)25-21(27-20)24-12(2)15-9-8-13(22)11-23-15/h5-12H,4H2,1-3H3,(H3,24,25,26,27,28,29)/t12-/m0/s1. The number of fused-ring (bicyclic) bond motifs is 1. The highest BCUT2D eigenvalue weighted by atomic mass is 19.1. The molecule has 0 unspecified atom stereocenters. The molecule has 8 nitrogen and oxygen atoms in total. The Kier molecular flexibility index (Phi) is 5.42. The largest absolute Gasteiger partial charge is 0.496 e. The second-order valence-electron chi connectivity index (χ2n) is 6.77. The average molecular weight is 407 g/mol. The molecule has 0 radical (unpaired) electrons. The Morgan fingerprint density at radius 3 is 2.77 bits per heavy atom. The summed E-state index contributed by atoms with van der Waals surface area (Å²) in [7, 11) is 1.61. The molecule has 1 atom stereocenters. The van der Waals surface area contributed by atoms with Gasteiger partial charge >= 0.3 is 0 Å². The summed E-state index contributed by atoms with van der Waals surface area (Å²) in [6.45, 7) is 3.96. The molecule has 3 aromatic heterocycles. The van der Waals surface area contributed by atoms with Crippen LogP contribution in [0.3, 0.4) is 0 Å². The van der Waals surface area contributed by atoms with Gasteiger partial charge in [-0.15, -0.1) is 0 Å². The summed E-state index contributed by atoms with van der Waals surface area (Å²) < 4.78 is 18.7. The summed E-state index contributed by atoms with van der Waals surface area (Å²) in [6, 6.07) is 10.3. The number of aromatic amines is 1. The van der Waals surface area contributed by atoms with Crippen LogP contribution in [0.15, 0.2) is 42.6 Å². The van der Waals surface area contributed by atoms with Crippen LogP contribution in [0.2, 0.25) is 0 Å². The number of pyridine rings is 1. The molecule has 0 aliphatic carbocycles. The number of anilines is 3. The first-order chi connectivity index (χ1) is 14.6. The zero-order valence-electron chi connectivity index (χ0n) is 16.9. The number of ether oxygens (including phenoxy) is 1. The number of H-pyrrole nitrogens is 1. The lowest BCUT2D eigenvalue weighted by atomic mass is 10.2. The van der Waals surface area contributed by atoms with E-state index >= 15 is 0 Å². The molecule has 0 spiro atoms. The first-order valence-corrected chi connectivity index (χ1v) is 9.61.